The first kappa shape index (κ1) is 13.6. The number of carbonyl (C=O) groups excluding carboxylic acids is 2. The number of hydrogen-bond acceptors (Lipinski definition) is 3. The second kappa shape index (κ2) is 5.03. The fraction of sp³-hybridized carbons (Fsp3) is 0.467. The number of carbonyl (C=O) groups is 2. The zero-order valence-corrected chi connectivity index (χ0v) is 11.6. The maximum atomic E-state index is 11.4. The summed E-state index contributed by atoms with van der Waals surface area (Å²) in [4.78, 5) is 24.3. The smallest absolute Gasteiger partial charge is 0.325 e. The lowest BCUT2D eigenvalue weighted by atomic mass is 9.84. The Kier molecular flexibility index (Phi) is 3.60. The number of fused-ring (bicyclic) bond motifs is 1. The largest absolute Gasteiger partial charge is 0.468 e. The van der Waals surface area contributed by atoms with Gasteiger partial charge in [-0.3, -0.25) is 9.59 Å². The molecule has 1 aromatic carbocycles. The molecule has 1 atom stereocenters. The molecule has 0 bridgehead atoms. The third kappa shape index (κ3) is 2.48. The van der Waals surface area contributed by atoms with E-state index in [2.05, 4.69) is 24.7 Å². The van der Waals surface area contributed by atoms with Gasteiger partial charge in [-0.25, -0.2) is 0 Å². The number of rotatable bonds is 4. The van der Waals surface area contributed by atoms with Crippen LogP contribution in [0.1, 0.15) is 31.0 Å². The summed E-state index contributed by atoms with van der Waals surface area (Å²) in [7, 11) is 1.33. The van der Waals surface area contributed by atoms with E-state index in [9.17, 15) is 9.59 Å². The molecule has 102 valence electrons. The minimum atomic E-state index is -0.396. The molecule has 1 aromatic rings. The minimum Gasteiger partial charge on any atom is -0.468 e. The molecule has 19 heavy (non-hydrogen) atoms. The lowest BCUT2D eigenvalue weighted by molar-refractivity contribution is -0.146. The van der Waals surface area contributed by atoms with E-state index in [1.54, 1.807) is 0 Å². The quantitative estimate of drug-likeness (QED) is 0.614. The normalized spacial score (nSPS) is 19.6. The van der Waals surface area contributed by atoms with Gasteiger partial charge in [0, 0.05) is 0 Å². The molecule has 1 aliphatic rings. The van der Waals surface area contributed by atoms with Crippen LogP contribution in [0.4, 0.5) is 0 Å². The molecule has 0 saturated carbocycles. The number of esters is 1. The third-order valence-corrected chi connectivity index (χ3v) is 3.74. The van der Waals surface area contributed by atoms with Crippen LogP contribution in [0, 0.1) is 5.41 Å². The first-order valence-electron chi connectivity index (χ1n) is 6.35. The van der Waals surface area contributed by atoms with E-state index >= 15 is 0 Å². The molecule has 4 nitrogen and oxygen atoms in total. The molecular formula is C15H19NO3. The van der Waals surface area contributed by atoms with Gasteiger partial charge in [-0.2, -0.15) is 0 Å². The van der Waals surface area contributed by atoms with Gasteiger partial charge in [-0.15, -0.1) is 0 Å². The SMILES string of the molecule is COC(=O)CN(C=O)C1c2ccccc2CC1(C)C. The number of methoxy groups -OCH3 is 1. The van der Waals surface area contributed by atoms with Gasteiger partial charge in [0.1, 0.15) is 6.54 Å². The van der Waals surface area contributed by atoms with Gasteiger partial charge in [-0.05, 0) is 23.0 Å². The molecule has 1 unspecified atom stereocenters. The third-order valence-electron chi connectivity index (χ3n) is 3.74. The van der Waals surface area contributed by atoms with Crippen molar-refractivity contribution < 1.29 is 14.3 Å². The molecule has 0 radical (unpaired) electrons. The molecule has 2 rings (SSSR count). The van der Waals surface area contributed by atoms with E-state index in [-0.39, 0.29) is 18.0 Å². The van der Waals surface area contributed by atoms with Gasteiger partial charge in [0.05, 0.1) is 13.2 Å². The summed E-state index contributed by atoms with van der Waals surface area (Å²) < 4.78 is 4.66. The Balaban J connectivity index is 2.35. The minimum absolute atomic E-state index is 0.0115. The van der Waals surface area contributed by atoms with Crippen molar-refractivity contribution in [3.63, 3.8) is 0 Å². The average Bonchev–Trinajstić information content (AvgIpc) is 2.65. The van der Waals surface area contributed by atoms with Crippen LogP contribution in [0.3, 0.4) is 0 Å². The van der Waals surface area contributed by atoms with Crippen molar-refractivity contribution >= 4 is 12.4 Å². The Labute approximate surface area is 113 Å². The van der Waals surface area contributed by atoms with E-state index in [1.165, 1.54) is 17.6 Å². The highest BCUT2D eigenvalue weighted by Gasteiger charge is 2.42. The van der Waals surface area contributed by atoms with E-state index in [4.69, 9.17) is 0 Å². The second-order valence-corrected chi connectivity index (χ2v) is 5.62. The van der Waals surface area contributed by atoms with Crippen LogP contribution in [-0.2, 0) is 20.7 Å². The lowest BCUT2D eigenvalue weighted by Crippen LogP contribution is -2.38. The van der Waals surface area contributed by atoms with Crippen LogP contribution in [-0.4, -0.2) is 30.9 Å². The molecule has 0 N–H and O–H groups in total. The summed E-state index contributed by atoms with van der Waals surface area (Å²) in [6.45, 7) is 4.22. The molecule has 1 amide bonds. The zero-order valence-electron chi connectivity index (χ0n) is 11.6. The molecule has 1 aliphatic carbocycles. The molecule has 0 spiro atoms. The van der Waals surface area contributed by atoms with Gasteiger partial charge in [0.25, 0.3) is 0 Å². The fourth-order valence-corrected chi connectivity index (χ4v) is 3.00. The fourth-order valence-electron chi connectivity index (χ4n) is 3.00. The molecule has 0 aromatic heterocycles. The number of benzene rings is 1. The highest BCUT2D eigenvalue weighted by atomic mass is 16.5. The van der Waals surface area contributed by atoms with Crippen molar-refractivity contribution in [3.05, 3.63) is 35.4 Å². The monoisotopic (exact) mass is 261 g/mol. The predicted molar refractivity (Wildman–Crippen MR) is 71.5 cm³/mol. The summed E-state index contributed by atoms with van der Waals surface area (Å²) in [5.41, 5.74) is 2.29. The van der Waals surface area contributed by atoms with Crippen LogP contribution < -0.4 is 0 Å². The summed E-state index contributed by atoms with van der Waals surface area (Å²) in [6.07, 6.45) is 1.64. The van der Waals surface area contributed by atoms with E-state index in [0.29, 0.717) is 0 Å². The summed E-state index contributed by atoms with van der Waals surface area (Å²) in [5.74, 6) is -0.396. The van der Waals surface area contributed by atoms with Gasteiger partial charge in [-0.1, -0.05) is 38.1 Å². The van der Waals surface area contributed by atoms with Gasteiger partial charge >= 0.3 is 5.97 Å². The van der Waals surface area contributed by atoms with Crippen molar-refractivity contribution in [2.24, 2.45) is 5.41 Å². The number of hydrogen-bond donors (Lipinski definition) is 0. The Morgan fingerprint density at radius 3 is 2.79 bits per heavy atom. The van der Waals surface area contributed by atoms with Crippen molar-refractivity contribution in [2.75, 3.05) is 13.7 Å². The predicted octanol–water partition coefficient (Wildman–Crippen LogP) is 1.94. The molecule has 0 fully saturated rings. The van der Waals surface area contributed by atoms with Crippen molar-refractivity contribution in [1.82, 2.24) is 4.90 Å². The molecule has 0 saturated heterocycles. The second-order valence-electron chi connectivity index (χ2n) is 5.62. The van der Waals surface area contributed by atoms with E-state index < -0.39 is 5.97 Å². The van der Waals surface area contributed by atoms with Crippen LogP contribution in [0.2, 0.25) is 0 Å². The van der Waals surface area contributed by atoms with Crippen molar-refractivity contribution in [3.8, 4) is 0 Å². The van der Waals surface area contributed by atoms with Crippen LogP contribution in [0.25, 0.3) is 0 Å². The summed E-state index contributed by atoms with van der Waals surface area (Å²) >= 11 is 0. The number of ether oxygens (including phenoxy) is 1. The topological polar surface area (TPSA) is 46.6 Å². The molecule has 4 heteroatoms. The summed E-state index contributed by atoms with van der Waals surface area (Å²) in [6, 6.07) is 8.00. The molecule has 0 aliphatic heterocycles. The van der Waals surface area contributed by atoms with Crippen molar-refractivity contribution in [2.45, 2.75) is 26.3 Å². The van der Waals surface area contributed by atoms with Crippen molar-refractivity contribution in [1.29, 1.82) is 0 Å². The van der Waals surface area contributed by atoms with E-state index in [1.807, 2.05) is 18.2 Å². The van der Waals surface area contributed by atoms with Gasteiger partial charge in [0.2, 0.25) is 6.41 Å². The molecular weight excluding hydrogens is 242 g/mol. The average molecular weight is 261 g/mol. The maximum Gasteiger partial charge on any atom is 0.325 e. The van der Waals surface area contributed by atoms with Crippen LogP contribution in [0.15, 0.2) is 24.3 Å². The highest BCUT2D eigenvalue weighted by molar-refractivity contribution is 5.74. The molecule has 0 heterocycles. The Hall–Kier alpha value is -1.84. The zero-order chi connectivity index (χ0) is 14.0. The summed E-state index contributed by atoms with van der Waals surface area (Å²) in [5, 5.41) is 0. The first-order chi connectivity index (χ1) is 8.99. The Morgan fingerprint density at radius 2 is 2.16 bits per heavy atom. The van der Waals surface area contributed by atoms with Crippen LogP contribution >= 0.6 is 0 Å². The number of amides is 1. The van der Waals surface area contributed by atoms with Gasteiger partial charge < -0.3 is 9.64 Å². The van der Waals surface area contributed by atoms with Gasteiger partial charge in [0.15, 0.2) is 0 Å². The first-order valence-corrected chi connectivity index (χ1v) is 6.35. The standard InChI is InChI=1S/C15H19NO3/c1-15(2)8-11-6-4-5-7-12(11)14(15)16(10-17)9-13(18)19-3/h4-7,10,14H,8-9H2,1-3H3. The van der Waals surface area contributed by atoms with E-state index in [0.717, 1.165) is 18.4 Å². The highest BCUT2D eigenvalue weighted by Crippen LogP contribution is 2.47. The van der Waals surface area contributed by atoms with Crippen LogP contribution in [0.5, 0.6) is 0 Å². The lowest BCUT2D eigenvalue weighted by Gasteiger charge is -2.35. The maximum absolute atomic E-state index is 11.4. The Bertz CT molecular complexity index is 496. The number of nitrogens with zero attached hydrogens (tertiary/aromatic N) is 1. The Morgan fingerprint density at radius 1 is 1.47 bits per heavy atom.